The molecule has 1 unspecified atom stereocenters. The average molecular weight is 252 g/mol. The summed E-state index contributed by atoms with van der Waals surface area (Å²) in [6, 6.07) is 0.662. The maximum atomic E-state index is 12.2. The van der Waals surface area contributed by atoms with E-state index in [0.717, 1.165) is 32.4 Å². The van der Waals surface area contributed by atoms with Gasteiger partial charge in [0.05, 0.1) is 6.42 Å². The summed E-state index contributed by atoms with van der Waals surface area (Å²) < 4.78 is 36.6. The molecule has 1 saturated heterocycles. The first-order chi connectivity index (χ1) is 7.88. The highest BCUT2D eigenvalue weighted by Gasteiger charge is 2.30. The Kier molecular flexibility index (Phi) is 5.73. The maximum Gasteiger partial charge on any atom is 0.390 e. The number of likely N-dealkylation sites (tertiary alicyclic amines) is 1. The number of nitrogens with one attached hydrogen (secondary N) is 1. The van der Waals surface area contributed by atoms with Gasteiger partial charge >= 0.3 is 6.18 Å². The Balaban J connectivity index is 2.37. The van der Waals surface area contributed by atoms with Crippen molar-refractivity contribution in [2.45, 2.75) is 57.8 Å². The summed E-state index contributed by atoms with van der Waals surface area (Å²) in [7, 11) is 0. The molecule has 102 valence electrons. The lowest BCUT2D eigenvalue weighted by Crippen LogP contribution is -2.47. The van der Waals surface area contributed by atoms with Gasteiger partial charge in [0.2, 0.25) is 0 Å². The lowest BCUT2D eigenvalue weighted by Gasteiger charge is -2.36. The van der Waals surface area contributed by atoms with Gasteiger partial charge in [-0.3, -0.25) is 4.90 Å². The van der Waals surface area contributed by atoms with E-state index in [9.17, 15) is 13.2 Å². The van der Waals surface area contributed by atoms with Gasteiger partial charge in [-0.25, -0.2) is 0 Å². The molecule has 0 aromatic carbocycles. The van der Waals surface area contributed by atoms with Crippen LogP contribution in [0.3, 0.4) is 0 Å². The summed E-state index contributed by atoms with van der Waals surface area (Å²) in [5.74, 6) is 0. The number of hydrogen-bond acceptors (Lipinski definition) is 2. The molecule has 1 aliphatic heterocycles. The molecule has 2 nitrogen and oxygen atoms in total. The fourth-order valence-corrected chi connectivity index (χ4v) is 2.23. The molecule has 0 amide bonds. The number of nitrogens with zero attached hydrogens (tertiary/aromatic N) is 1. The molecule has 0 radical (unpaired) electrons. The first kappa shape index (κ1) is 14.8. The van der Waals surface area contributed by atoms with Gasteiger partial charge in [-0.05, 0) is 19.4 Å². The molecule has 5 heteroatoms. The molecule has 1 heterocycles. The Bertz CT molecular complexity index is 216. The predicted octanol–water partition coefficient (Wildman–Crippen LogP) is 2.79. The maximum absolute atomic E-state index is 12.2. The number of halogens is 3. The zero-order valence-corrected chi connectivity index (χ0v) is 10.7. The monoisotopic (exact) mass is 252 g/mol. The van der Waals surface area contributed by atoms with E-state index in [1.54, 1.807) is 0 Å². The van der Waals surface area contributed by atoms with Crippen molar-refractivity contribution in [1.29, 1.82) is 0 Å². The Labute approximate surface area is 102 Å². The minimum atomic E-state index is -4.03. The minimum absolute atomic E-state index is 0.147. The summed E-state index contributed by atoms with van der Waals surface area (Å²) in [6.07, 6.45) is -1.56. The van der Waals surface area contributed by atoms with Gasteiger partial charge in [-0.15, -0.1) is 0 Å². The Hall–Kier alpha value is -0.290. The van der Waals surface area contributed by atoms with Crippen molar-refractivity contribution < 1.29 is 13.2 Å². The Morgan fingerprint density at radius 1 is 1.29 bits per heavy atom. The number of piperidine rings is 1. The zero-order valence-electron chi connectivity index (χ0n) is 10.7. The lowest BCUT2D eigenvalue weighted by molar-refractivity contribution is -0.139. The van der Waals surface area contributed by atoms with Crippen molar-refractivity contribution in [3.63, 3.8) is 0 Å². The number of rotatable bonds is 5. The highest BCUT2D eigenvalue weighted by Crippen LogP contribution is 2.23. The molecular formula is C12H23F3N2. The SMILES string of the molecule is CC(C)NCC1CCCCN1CCC(F)(F)F. The molecular weight excluding hydrogens is 229 g/mol. The lowest BCUT2D eigenvalue weighted by atomic mass is 10.0. The van der Waals surface area contributed by atoms with Crippen molar-refractivity contribution in [3.05, 3.63) is 0 Å². The minimum Gasteiger partial charge on any atom is -0.313 e. The first-order valence-corrected chi connectivity index (χ1v) is 6.42. The van der Waals surface area contributed by atoms with Crippen LogP contribution in [0.25, 0.3) is 0 Å². The van der Waals surface area contributed by atoms with Crippen LogP contribution in [-0.2, 0) is 0 Å². The highest BCUT2D eigenvalue weighted by atomic mass is 19.4. The van der Waals surface area contributed by atoms with Crippen LogP contribution >= 0.6 is 0 Å². The van der Waals surface area contributed by atoms with E-state index in [4.69, 9.17) is 0 Å². The summed E-state index contributed by atoms with van der Waals surface area (Å²) in [5, 5.41) is 3.32. The number of hydrogen-bond donors (Lipinski definition) is 1. The van der Waals surface area contributed by atoms with E-state index in [-0.39, 0.29) is 12.6 Å². The van der Waals surface area contributed by atoms with Crippen LogP contribution in [0.4, 0.5) is 13.2 Å². The van der Waals surface area contributed by atoms with Crippen molar-refractivity contribution in [3.8, 4) is 0 Å². The predicted molar refractivity (Wildman–Crippen MR) is 63.0 cm³/mol. The van der Waals surface area contributed by atoms with Crippen LogP contribution in [0.2, 0.25) is 0 Å². The molecule has 0 aliphatic carbocycles. The molecule has 0 spiro atoms. The molecule has 0 saturated carbocycles. The standard InChI is InChI=1S/C12H23F3N2/c1-10(2)16-9-11-5-3-4-7-17(11)8-6-12(13,14)15/h10-11,16H,3-9H2,1-2H3. The quantitative estimate of drug-likeness (QED) is 0.809. The zero-order chi connectivity index (χ0) is 12.9. The molecule has 1 rings (SSSR count). The average Bonchev–Trinajstić information content (AvgIpc) is 2.23. The van der Waals surface area contributed by atoms with Crippen LogP contribution in [0.1, 0.15) is 39.5 Å². The van der Waals surface area contributed by atoms with Crippen LogP contribution in [-0.4, -0.2) is 42.8 Å². The summed E-state index contributed by atoms with van der Waals surface area (Å²) in [6.45, 7) is 5.87. The summed E-state index contributed by atoms with van der Waals surface area (Å²) >= 11 is 0. The second-order valence-electron chi connectivity index (χ2n) is 5.11. The van der Waals surface area contributed by atoms with Crippen molar-refractivity contribution in [2.24, 2.45) is 0 Å². The fraction of sp³-hybridized carbons (Fsp3) is 1.00. The van der Waals surface area contributed by atoms with Gasteiger partial charge in [-0.1, -0.05) is 20.3 Å². The molecule has 1 N–H and O–H groups in total. The number of alkyl halides is 3. The van der Waals surface area contributed by atoms with Gasteiger partial charge in [0, 0.05) is 25.2 Å². The van der Waals surface area contributed by atoms with Gasteiger partial charge in [0.25, 0.3) is 0 Å². The van der Waals surface area contributed by atoms with E-state index in [1.165, 1.54) is 0 Å². The molecule has 17 heavy (non-hydrogen) atoms. The molecule has 1 atom stereocenters. The van der Waals surface area contributed by atoms with Crippen LogP contribution in [0.15, 0.2) is 0 Å². The smallest absolute Gasteiger partial charge is 0.313 e. The van der Waals surface area contributed by atoms with Crippen LogP contribution < -0.4 is 5.32 Å². The van der Waals surface area contributed by atoms with Crippen molar-refractivity contribution >= 4 is 0 Å². The third kappa shape index (κ3) is 6.27. The van der Waals surface area contributed by atoms with E-state index in [2.05, 4.69) is 19.2 Å². The van der Waals surface area contributed by atoms with Crippen molar-refractivity contribution in [1.82, 2.24) is 10.2 Å². The fourth-order valence-electron chi connectivity index (χ4n) is 2.23. The van der Waals surface area contributed by atoms with Gasteiger partial charge in [0.1, 0.15) is 0 Å². The second-order valence-corrected chi connectivity index (χ2v) is 5.11. The Morgan fingerprint density at radius 3 is 2.59 bits per heavy atom. The molecule has 0 aromatic heterocycles. The third-order valence-electron chi connectivity index (χ3n) is 3.19. The van der Waals surface area contributed by atoms with Gasteiger partial charge in [-0.2, -0.15) is 13.2 Å². The van der Waals surface area contributed by atoms with Crippen LogP contribution in [0, 0.1) is 0 Å². The Morgan fingerprint density at radius 2 is 2.00 bits per heavy atom. The third-order valence-corrected chi connectivity index (χ3v) is 3.19. The normalized spacial score (nSPS) is 23.3. The molecule has 1 aliphatic rings. The largest absolute Gasteiger partial charge is 0.390 e. The summed E-state index contributed by atoms with van der Waals surface area (Å²) in [4.78, 5) is 1.99. The van der Waals surface area contributed by atoms with Gasteiger partial charge in [0.15, 0.2) is 0 Å². The second kappa shape index (κ2) is 6.59. The van der Waals surface area contributed by atoms with Crippen LogP contribution in [0.5, 0.6) is 0 Å². The first-order valence-electron chi connectivity index (χ1n) is 6.42. The molecule has 0 bridgehead atoms. The molecule has 0 aromatic rings. The van der Waals surface area contributed by atoms with E-state index in [0.29, 0.717) is 6.04 Å². The highest BCUT2D eigenvalue weighted by molar-refractivity contribution is 4.79. The van der Waals surface area contributed by atoms with E-state index < -0.39 is 12.6 Å². The van der Waals surface area contributed by atoms with E-state index in [1.807, 2.05) is 4.90 Å². The van der Waals surface area contributed by atoms with Gasteiger partial charge < -0.3 is 5.32 Å². The molecule has 1 fully saturated rings. The van der Waals surface area contributed by atoms with E-state index >= 15 is 0 Å². The summed E-state index contributed by atoms with van der Waals surface area (Å²) in [5.41, 5.74) is 0. The topological polar surface area (TPSA) is 15.3 Å². The van der Waals surface area contributed by atoms with Crippen molar-refractivity contribution in [2.75, 3.05) is 19.6 Å².